The minimum absolute atomic E-state index is 0.413. The number of likely N-dealkylation sites (tertiary alicyclic amines) is 1. The van der Waals surface area contributed by atoms with Gasteiger partial charge in [0.15, 0.2) is 0 Å². The number of hydrogen-bond donors (Lipinski definition) is 0. The Morgan fingerprint density at radius 1 is 1.23 bits per heavy atom. The molecular weight excluding hydrogens is 294 g/mol. The first-order valence-electron chi connectivity index (χ1n) is 8.13. The predicted octanol–water partition coefficient (Wildman–Crippen LogP) is 4.50. The van der Waals surface area contributed by atoms with Gasteiger partial charge in [0.1, 0.15) is 0 Å². The van der Waals surface area contributed by atoms with E-state index in [1.165, 1.54) is 36.8 Å². The highest BCUT2D eigenvalue weighted by atomic mass is 35.5. The van der Waals surface area contributed by atoms with Gasteiger partial charge in [-0.15, -0.1) is 0 Å². The lowest BCUT2D eigenvalue weighted by molar-refractivity contribution is 0.192. The lowest BCUT2D eigenvalue weighted by Crippen LogP contribution is -2.28. The van der Waals surface area contributed by atoms with Crippen molar-refractivity contribution in [2.45, 2.75) is 45.2 Å². The number of halogens is 1. The molecule has 0 bridgehead atoms. The lowest BCUT2D eigenvalue weighted by atomic mass is 10.00. The first-order valence-corrected chi connectivity index (χ1v) is 8.50. The summed E-state index contributed by atoms with van der Waals surface area (Å²) in [6.45, 7) is 4.18. The number of benzene rings is 1. The quantitative estimate of drug-likeness (QED) is 0.831. The molecule has 0 spiro atoms. The molecule has 118 valence electrons. The second-order valence-electron chi connectivity index (χ2n) is 6.27. The van der Waals surface area contributed by atoms with Crippen molar-refractivity contribution in [2.75, 3.05) is 6.54 Å². The van der Waals surface area contributed by atoms with Gasteiger partial charge in [-0.25, -0.2) is 0 Å². The van der Waals surface area contributed by atoms with E-state index in [4.69, 9.17) is 11.6 Å². The van der Waals surface area contributed by atoms with Crippen LogP contribution in [0.3, 0.4) is 0 Å². The fourth-order valence-corrected chi connectivity index (χ4v) is 3.74. The van der Waals surface area contributed by atoms with E-state index in [0.717, 1.165) is 23.8 Å². The van der Waals surface area contributed by atoms with Crippen LogP contribution in [0.2, 0.25) is 5.02 Å². The summed E-state index contributed by atoms with van der Waals surface area (Å²) in [5.41, 5.74) is 3.72. The van der Waals surface area contributed by atoms with E-state index < -0.39 is 0 Å². The van der Waals surface area contributed by atoms with Gasteiger partial charge in [-0.1, -0.05) is 42.6 Å². The number of aromatic nitrogens is 2. The molecule has 0 unspecified atom stereocenters. The molecule has 1 saturated heterocycles. The van der Waals surface area contributed by atoms with E-state index in [2.05, 4.69) is 35.3 Å². The summed E-state index contributed by atoms with van der Waals surface area (Å²) >= 11 is 6.47. The molecule has 0 radical (unpaired) electrons. The maximum Gasteiger partial charge on any atom is 0.0638 e. The van der Waals surface area contributed by atoms with Crippen LogP contribution >= 0.6 is 11.6 Å². The van der Waals surface area contributed by atoms with Crippen LogP contribution < -0.4 is 0 Å². The number of aryl methyl sites for hydroxylation is 2. The van der Waals surface area contributed by atoms with Crippen molar-refractivity contribution in [1.82, 2.24) is 14.7 Å². The maximum atomic E-state index is 6.47. The Bertz CT molecular complexity index is 635. The maximum absolute atomic E-state index is 6.47. The van der Waals surface area contributed by atoms with Gasteiger partial charge in [0, 0.05) is 36.4 Å². The Morgan fingerprint density at radius 2 is 2.05 bits per heavy atom. The van der Waals surface area contributed by atoms with Crippen molar-refractivity contribution in [3.05, 3.63) is 52.3 Å². The molecular formula is C18H24ClN3. The lowest BCUT2D eigenvalue weighted by Gasteiger charge is -2.30. The first-order chi connectivity index (χ1) is 10.6. The Balaban J connectivity index is 1.88. The molecule has 1 atom stereocenters. The molecule has 2 heterocycles. The van der Waals surface area contributed by atoms with E-state index in [-0.39, 0.29) is 0 Å². The molecule has 1 aliphatic heterocycles. The van der Waals surface area contributed by atoms with Gasteiger partial charge in [0.2, 0.25) is 0 Å². The molecule has 22 heavy (non-hydrogen) atoms. The van der Waals surface area contributed by atoms with Crippen LogP contribution in [0.25, 0.3) is 0 Å². The average molecular weight is 318 g/mol. The zero-order chi connectivity index (χ0) is 15.5. The molecule has 0 saturated carbocycles. The summed E-state index contributed by atoms with van der Waals surface area (Å²) < 4.78 is 1.91. The largest absolute Gasteiger partial charge is 0.292 e. The fraction of sp³-hybridized carbons (Fsp3) is 0.500. The normalized spacial score (nSPS) is 20.0. The molecule has 1 fully saturated rings. The predicted molar refractivity (Wildman–Crippen MR) is 91.0 cm³/mol. The van der Waals surface area contributed by atoms with Gasteiger partial charge in [-0.2, -0.15) is 5.10 Å². The summed E-state index contributed by atoms with van der Waals surface area (Å²) in [7, 11) is 1.99. The molecule has 3 nitrogen and oxygen atoms in total. The van der Waals surface area contributed by atoms with Crippen LogP contribution in [0.5, 0.6) is 0 Å². The molecule has 1 aromatic heterocycles. The summed E-state index contributed by atoms with van der Waals surface area (Å²) in [6.07, 6.45) is 7.18. The van der Waals surface area contributed by atoms with Gasteiger partial charge in [0.05, 0.1) is 5.69 Å². The highest BCUT2D eigenvalue weighted by Gasteiger charge is 2.25. The molecule has 1 aromatic carbocycles. The Kier molecular flexibility index (Phi) is 4.84. The standard InChI is InChI=1S/C18H24ClN3/c1-14-15(12-21(2)20-14)13-22-11-7-3-4-10-18(22)16-8-5-6-9-17(16)19/h5-6,8-9,12,18H,3-4,7,10-11,13H2,1-2H3/t18-/m1/s1. The molecule has 2 aromatic rings. The molecule has 0 N–H and O–H groups in total. The Morgan fingerprint density at radius 3 is 2.77 bits per heavy atom. The Hall–Kier alpha value is -1.32. The third-order valence-electron chi connectivity index (χ3n) is 4.62. The van der Waals surface area contributed by atoms with E-state index in [1.54, 1.807) is 0 Å². The summed E-state index contributed by atoms with van der Waals surface area (Å²) in [5.74, 6) is 0. The first kappa shape index (κ1) is 15.6. The van der Waals surface area contributed by atoms with E-state index in [9.17, 15) is 0 Å². The molecule has 3 rings (SSSR count). The van der Waals surface area contributed by atoms with Gasteiger partial charge >= 0.3 is 0 Å². The van der Waals surface area contributed by atoms with Crippen LogP contribution in [-0.2, 0) is 13.6 Å². The minimum Gasteiger partial charge on any atom is -0.292 e. The van der Waals surface area contributed by atoms with Gasteiger partial charge in [-0.3, -0.25) is 9.58 Å². The second-order valence-corrected chi connectivity index (χ2v) is 6.68. The summed E-state index contributed by atoms with van der Waals surface area (Å²) in [6, 6.07) is 8.71. The third kappa shape index (κ3) is 3.36. The number of nitrogens with zero attached hydrogens (tertiary/aromatic N) is 3. The van der Waals surface area contributed by atoms with Gasteiger partial charge in [0.25, 0.3) is 0 Å². The van der Waals surface area contributed by atoms with Crippen molar-refractivity contribution < 1.29 is 0 Å². The van der Waals surface area contributed by atoms with Crippen LogP contribution in [0.15, 0.2) is 30.5 Å². The van der Waals surface area contributed by atoms with Crippen molar-refractivity contribution in [3.63, 3.8) is 0 Å². The summed E-state index contributed by atoms with van der Waals surface area (Å²) in [4.78, 5) is 2.58. The van der Waals surface area contributed by atoms with Crippen LogP contribution in [0.4, 0.5) is 0 Å². The van der Waals surface area contributed by atoms with Crippen LogP contribution in [0, 0.1) is 6.92 Å². The minimum atomic E-state index is 0.413. The second kappa shape index (κ2) is 6.84. The highest BCUT2D eigenvalue weighted by molar-refractivity contribution is 6.31. The SMILES string of the molecule is Cc1nn(C)cc1CN1CCCCC[C@@H]1c1ccccc1Cl. The summed E-state index contributed by atoms with van der Waals surface area (Å²) in [5, 5.41) is 5.37. The smallest absolute Gasteiger partial charge is 0.0638 e. The zero-order valence-corrected chi connectivity index (χ0v) is 14.2. The number of rotatable bonds is 3. The van der Waals surface area contributed by atoms with Crippen LogP contribution in [-0.4, -0.2) is 21.2 Å². The monoisotopic (exact) mass is 317 g/mol. The molecule has 1 aliphatic rings. The topological polar surface area (TPSA) is 21.1 Å². The van der Waals surface area contributed by atoms with Gasteiger partial charge < -0.3 is 0 Å². The molecule has 4 heteroatoms. The van der Waals surface area contributed by atoms with E-state index >= 15 is 0 Å². The van der Waals surface area contributed by atoms with Gasteiger partial charge in [-0.05, 0) is 37.9 Å². The van der Waals surface area contributed by atoms with E-state index in [1.807, 2.05) is 23.9 Å². The van der Waals surface area contributed by atoms with Crippen molar-refractivity contribution in [1.29, 1.82) is 0 Å². The molecule has 0 aliphatic carbocycles. The van der Waals surface area contributed by atoms with Crippen molar-refractivity contribution >= 4 is 11.6 Å². The highest BCUT2D eigenvalue weighted by Crippen LogP contribution is 2.35. The number of hydrogen-bond acceptors (Lipinski definition) is 2. The Labute approximate surface area is 137 Å². The molecule has 0 amide bonds. The van der Waals surface area contributed by atoms with E-state index in [0.29, 0.717) is 6.04 Å². The zero-order valence-electron chi connectivity index (χ0n) is 13.4. The average Bonchev–Trinajstić information content (AvgIpc) is 2.69. The third-order valence-corrected chi connectivity index (χ3v) is 4.96. The fourth-order valence-electron chi connectivity index (χ4n) is 3.48. The van der Waals surface area contributed by atoms with Crippen LogP contribution in [0.1, 0.15) is 48.5 Å². The van der Waals surface area contributed by atoms with Crippen molar-refractivity contribution in [2.24, 2.45) is 7.05 Å². The van der Waals surface area contributed by atoms with Crippen molar-refractivity contribution in [3.8, 4) is 0 Å².